The summed E-state index contributed by atoms with van der Waals surface area (Å²) >= 11 is 0. The lowest BCUT2D eigenvalue weighted by molar-refractivity contribution is -0.130. The van der Waals surface area contributed by atoms with Gasteiger partial charge < -0.3 is 15.5 Å². The van der Waals surface area contributed by atoms with E-state index in [1.165, 1.54) is 7.05 Å². The summed E-state index contributed by atoms with van der Waals surface area (Å²) in [7, 11) is 1.54. The molecule has 4 rings (SSSR count). The molecular weight excluding hydrogens is 404 g/mol. The molecule has 32 heavy (non-hydrogen) atoms. The average Bonchev–Trinajstić information content (AvgIpc) is 3.64. The van der Waals surface area contributed by atoms with Gasteiger partial charge in [0.2, 0.25) is 11.8 Å². The Morgan fingerprint density at radius 3 is 2.50 bits per heavy atom. The van der Waals surface area contributed by atoms with Crippen LogP contribution in [0.25, 0.3) is 11.1 Å². The number of likely N-dealkylation sites (N-methyl/N-ethyl adjacent to an activating group) is 1. The van der Waals surface area contributed by atoms with Crippen molar-refractivity contribution in [2.75, 3.05) is 7.05 Å². The molecule has 2 aromatic carbocycles. The number of amides is 2. The fraction of sp³-hybridized carbons (Fsp3) is 0.240. The Bertz CT molecular complexity index is 1160. The van der Waals surface area contributed by atoms with Gasteiger partial charge in [0.15, 0.2) is 0 Å². The number of aromatic nitrogens is 1. The largest absolute Gasteiger partial charge is 0.412 e. The Morgan fingerprint density at radius 1 is 1.06 bits per heavy atom. The second-order valence-electron chi connectivity index (χ2n) is 8.06. The molecule has 0 aliphatic heterocycles. The fourth-order valence-electron chi connectivity index (χ4n) is 3.97. The molecule has 1 aliphatic rings. The van der Waals surface area contributed by atoms with Gasteiger partial charge in [-0.2, -0.15) is 5.90 Å². The van der Waals surface area contributed by atoms with E-state index < -0.39 is 11.5 Å². The zero-order valence-electron chi connectivity index (χ0n) is 18.1. The molecule has 2 amide bonds. The predicted molar refractivity (Wildman–Crippen MR) is 122 cm³/mol. The van der Waals surface area contributed by atoms with E-state index in [1.807, 2.05) is 37.3 Å². The Morgan fingerprint density at radius 2 is 1.81 bits per heavy atom. The van der Waals surface area contributed by atoms with Gasteiger partial charge in [-0.1, -0.05) is 36.4 Å². The monoisotopic (exact) mass is 430 g/mol. The number of nitrogens with two attached hydrogens (primary N) is 1. The van der Waals surface area contributed by atoms with Gasteiger partial charge in [-0.25, -0.2) is 0 Å². The van der Waals surface area contributed by atoms with Crippen molar-refractivity contribution in [3.05, 3.63) is 83.7 Å². The van der Waals surface area contributed by atoms with Crippen LogP contribution in [-0.4, -0.2) is 23.8 Å². The summed E-state index contributed by atoms with van der Waals surface area (Å²) in [6.45, 7) is 1.95. The lowest BCUT2D eigenvalue weighted by Crippen LogP contribution is -2.43. The van der Waals surface area contributed by atoms with Crippen LogP contribution in [0.15, 0.2) is 66.9 Å². The maximum absolute atomic E-state index is 13.4. The molecule has 1 atom stereocenters. The molecule has 0 bridgehead atoms. The minimum Gasteiger partial charge on any atom is -0.412 e. The fourth-order valence-corrected chi connectivity index (χ4v) is 3.97. The average molecular weight is 431 g/mol. The number of nitrogens with one attached hydrogen (secondary N) is 2. The van der Waals surface area contributed by atoms with Crippen LogP contribution in [0.5, 0.6) is 5.75 Å². The van der Waals surface area contributed by atoms with E-state index in [-0.39, 0.29) is 11.8 Å². The van der Waals surface area contributed by atoms with Gasteiger partial charge in [-0.3, -0.25) is 14.6 Å². The van der Waals surface area contributed by atoms with Gasteiger partial charge in [-0.15, -0.1) is 0 Å². The van der Waals surface area contributed by atoms with Gasteiger partial charge in [0.1, 0.15) is 11.8 Å². The lowest BCUT2D eigenvalue weighted by atomic mass is 9.91. The van der Waals surface area contributed by atoms with Crippen LogP contribution in [-0.2, 0) is 15.0 Å². The third-order valence-corrected chi connectivity index (χ3v) is 5.94. The van der Waals surface area contributed by atoms with E-state index >= 15 is 0 Å². The van der Waals surface area contributed by atoms with Gasteiger partial charge >= 0.3 is 0 Å². The summed E-state index contributed by atoms with van der Waals surface area (Å²) in [4.78, 5) is 35.1. The van der Waals surface area contributed by atoms with E-state index in [1.54, 1.807) is 30.5 Å². The third kappa shape index (κ3) is 4.20. The summed E-state index contributed by atoms with van der Waals surface area (Å²) in [5.41, 5.74) is 3.91. The van der Waals surface area contributed by atoms with Crippen molar-refractivity contribution in [3.63, 3.8) is 0 Å². The van der Waals surface area contributed by atoms with Crippen molar-refractivity contribution in [2.45, 2.75) is 31.2 Å². The second-order valence-corrected chi connectivity index (χ2v) is 8.06. The molecule has 0 spiro atoms. The van der Waals surface area contributed by atoms with Gasteiger partial charge in [-0.05, 0) is 66.3 Å². The summed E-state index contributed by atoms with van der Waals surface area (Å²) in [6, 6.07) is 18.0. The number of aryl methyl sites for hydroxylation is 1. The van der Waals surface area contributed by atoms with Crippen LogP contribution >= 0.6 is 0 Å². The molecular formula is C25H26N4O3. The van der Waals surface area contributed by atoms with Crippen LogP contribution in [0.1, 0.15) is 35.7 Å². The van der Waals surface area contributed by atoms with Gasteiger partial charge in [0.25, 0.3) is 0 Å². The highest BCUT2D eigenvalue weighted by atomic mass is 16.6. The first kappa shape index (κ1) is 21.5. The number of pyridine rings is 1. The summed E-state index contributed by atoms with van der Waals surface area (Å²) in [5, 5.41) is 5.57. The third-order valence-electron chi connectivity index (χ3n) is 5.94. The number of hydrogen-bond donors (Lipinski definition) is 3. The Balaban J connectivity index is 1.62. The summed E-state index contributed by atoms with van der Waals surface area (Å²) in [5.74, 6) is 5.18. The van der Waals surface area contributed by atoms with Crippen molar-refractivity contribution in [3.8, 4) is 16.9 Å². The van der Waals surface area contributed by atoms with Crippen LogP contribution in [0, 0.1) is 6.92 Å². The van der Waals surface area contributed by atoms with E-state index in [0.29, 0.717) is 11.3 Å². The molecule has 4 N–H and O–H groups in total. The number of nitrogens with zero attached hydrogens (tertiary/aromatic N) is 1. The molecule has 164 valence electrons. The van der Waals surface area contributed by atoms with Crippen LogP contribution in [0.3, 0.4) is 0 Å². The highest BCUT2D eigenvalue weighted by molar-refractivity contribution is 5.96. The maximum Gasteiger partial charge on any atom is 0.246 e. The molecule has 7 heteroatoms. The standard InChI is InChI=1S/C25H26N4O3/c1-16-13-18(9-12-28-16)17-5-3-7-20(14-17)25(10-11-25)24(31)29-22(23(30)27-2)19-6-4-8-21(15-19)32-26/h3-9,12-15,22H,10-11,26H2,1-2H3,(H,27,30)(H,29,31). The number of benzene rings is 2. The zero-order chi connectivity index (χ0) is 22.7. The van der Waals surface area contributed by atoms with Crippen LogP contribution in [0.4, 0.5) is 0 Å². The molecule has 1 unspecified atom stereocenters. The molecule has 1 saturated carbocycles. The van der Waals surface area contributed by atoms with E-state index in [0.717, 1.165) is 35.2 Å². The number of rotatable bonds is 7. The van der Waals surface area contributed by atoms with Crippen molar-refractivity contribution in [2.24, 2.45) is 5.90 Å². The first-order valence-corrected chi connectivity index (χ1v) is 10.5. The van der Waals surface area contributed by atoms with Gasteiger partial charge in [0.05, 0.1) is 5.41 Å². The number of hydrogen-bond acceptors (Lipinski definition) is 5. The summed E-state index contributed by atoms with van der Waals surface area (Å²) in [6.07, 6.45) is 3.23. The molecule has 1 aromatic heterocycles. The molecule has 3 aromatic rings. The smallest absolute Gasteiger partial charge is 0.246 e. The first-order valence-electron chi connectivity index (χ1n) is 10.5. The van der Waals surface area contributed by atoms with Crippen molar-refractivity contribution >= 4 is 11.8 Å². The molecule has 7 nitrogen and oxygen atoms in total. The molecule has 1 aliphatic carbocycles. The second kappa shape index (κ2) is 8.80. The number of carbonyl (C=O) groups is 2. The molecule has 1 fully saturated rings. The zero-order valence-corrected chi connectivity index (χ0v) is 18.1. The van der Waals surface area contributed by atoms with E-state index in [2.05, 4.69) is 21.7 Å². The minimum atomic E-state index is -0.855. The SMILES string of the molecule is CNC(=O)C(NC(=O)C1(c2cccc(-c3ccnc(C)c3)c2)CC1)c1cccc(ON)c1. The molecule has 0 radical (unpaired) electrons. The highest BCUT2D eigenvalue weighted by Gasteiger charge is 2.52. The minimum absolute atomic E-state index is 0.173. The van der Waals surface area contributed by atoms with Crippen LogP contribution in [0.2, 0.25) is 0 Å². The van der Waals surface area contributed by atoms with Crippen LogP contribution < -0.4 is 21.4 Å². The highest BCUT2D eigenvalue weighted by Crippen LogP contribution is 2.49. The lowest BCUT2D eigenvalue weighted by Gasteiger charge is -2.23. The normalized spacial score (nSPS) is 14.8. The Kier molecular flexibility index (Phi) is 5.92. The van der Waals surface area contributed by atoms with E-state index in [9.17, 15) is 9.59 Å². The molecule has 1 heterocycles. The predicted octanol–water partition coefficient (Wildman–Crippen LogP) is 2.94. The van der Waals surface area contributed by atoms with Crippen molar-refractivity contribution < 1.29 is 14.4 Å². The number of carbonyl (C=O) groups excluding carboxylic acids is 2. The first-order chi connectivity index (χ1) is 15.5. The maximum atomic E-state index is 13.4. The Hall–Kier alpha value is -3.71. The van der Waals surface area contributed by atoms with E-state index in [4.69, 9.17) is 10.7 Å². The van der Waals surface area contributed by atoms with Gasteiger partial charge in [0, 0.05) is 18.9 Å². The van der Waals surface area contributed by atoms with Crippen molar-refractivity contribution in [1.29, 1.82) is 0 Å². The summed E-state index contributed by atoms with van der Waals surface area (Å²) < 4.78 is 0. The topological polar surface area (TPSA) is 106 Å². The molecule has 0 saturated heterocycles. The van der Waals surface area contributed by atoms with Crippen molar-refractivity contribution in [1.82, 2.24) is 15.6 Å². The Labute approximate surface area is 187 Å². The quantitative estimate of drug-likeness (QED) is 0.500.